The van der Waals surface area contributed by atoms with Crippen LogP contribution in [0.3, 0.4) is 0 Å². The van der Waals surface area contributed by atoms with Gasteiger partial charge in [0.05, 0.1) is 7.05 Å². The predicted molar refractivity (Wildman–Crippen MR) is 29.6 cm³/mol. The van der Waals surface area contributed by atoms with Gasteiger partial charge in [-0.05, 0) is 13.8 Å². The quantitative estimate of drug-likeness (QED) is 0.271. The van der Waals surface area contributed by atoms with Crippen LogP contribution in [0.25, 0.3) is 0 Å². The van der Waals surface area contributed by atoms with E-state index in [0.29, 0.717) is 0 Å². The van der Waals surface area contributed by atoms with E-state index in [9.17, 15) is 0 Å². The average molecular weight is 99.1 g/mol. The van der Waals surface area contributed by atoms with Gasteiger partial charge in [-0.1, -0.05) is 5.22 Å². The van der Waals surface area contributed by atoms with Gasteiger partial charge in [0.1, 0.15) is 0 Å². The molecule has 40 valence electrons. The zero-order valence-electron chi connectivity index (χ0n) is 4.84. The van der Waals surface area contributed by atoms with E-state index in [4.69, 9.17) is 0 Å². The van der Waals surface area contributed by atoms with Crippen molar-refractivity contribution in [1.29, 1.82) is 0 Å². The van der Waals surface area contributed by atoms with Gasteiger partial charge in [-0.25, -0.2) is 0 Å². The Balaban J connectivity index is 3.46. The molecule has 0 fully saturated rings. The van der Waals surface area contributed by atoms with E-state index in [1.807, 2.05) is 13.8 Å². The van der Waals surface area contributed by atoms with Gasteiger partial charge in [0.2, 0.25) is 0 Å². The van der Waals surface area contributed by atoms with E-state index in [1.165, 1.54) is 0 Å². The summed E-state index contributed by atoms with van der Waals surface area (Å²) in [5.41, 5.74) is 0.922. The van der Waals surface area contributed by atoms with Gasteiger partial charge in [-0.2, -0.15) is 5.11 Å². The fourth-order valence-electron chi connectivity index (χ4n) is 0.134. The van der Waals surface area contributed by atoms with Crippen LogP contribution >= 0.6 is 0 Å². The molecule has 0 N–H and O–H groups in total. The van der Waals surface area contributed by atoms with E-state index in [1.54, 1.807) is 7.05 Å². The minimum absolute atomic E-state index is 0.922. The van der Waals surface area contributed by atoms with Crippen molar-refractivity contribution >= 4 is 5.71 Å². The second kappa shape index (κ2) is 3.46. The van der Waals surface area contributed by atoms with Crippen molar-refractivity contribution in [2.45, 2.75) is 13.8 Å². The van der Waals surface area contributed by atoms with Crippen molar-refractivity contribution in [3.05, 3.63) is 0 Å². The van der Waals surface area contributed by atoms with Crippen molar-refractivity contribution in [2.75, 3.05) is 7.05 Å². The maximum Gasteiger partial charge on any atom is 0.0509 e. The summed E-state index contributed by atoms with van der Waals surface area (Å²) in [5.74, 6) is 0. The van der Waals surface area contributed by atoms with Crippen molar-refractivity contribution in [2.24, 2.45) is 15.4 Å². The Bertz CT molecular complexity index is 89.1. The molecule has 0 atom stereocenters. The third kappa shape index (κ3) is 5.27. The molecule has 0 bridgehead atoms. The lowest BCUT2D eigenvalue weighted by Crippen LogP contribution is -1.74. The van der Waals surface area contributed by atoms with Gasteiger partial charge in [0, 0.05) is 5.71 Å². The van der Waals surface area contributed by atoms with Crippen LogP contribution in [-0.4, -0.2) is 12.8 Å². The second-order valence-corrected chi connectivity index (χ2v) is 1.34. The van der Waals surface area contributed by atoms with Crippen LogP contribution in [-0.2, 0) is 0 Å². The van der Waals surface area contributed by atoms with Gasteiger partial charge < -0.3 is 0 Å². The van der Waals surface area contributed by atoms with E-state index in [2.05, 4.69) is 15.4 Å². The predicted octanol–water partition coefficient (Wildman–Crippen LogP) is 1.46. The summed E-state index contributed by atoms with van der Waals surface area (Å²) in [6.45, 7) is 3.74. The van der Waals surface area contributed by atoms with E-state index in [0.717, 1.165) is 5.71 Å². The molecule has 0 rings (SSSR count). The molecule has 0 saturated heterocycles. The van der Waals surface area contributed by atoms with E-state index >= 15 is 0 Å². The SMILES string of the molecule is C/N=N\N=C(C)C. The first-order chi connectivity index (χ1) is 3.27. The lowest BCUT2D eigenvalue weighted by Gasteiger charge is -1.75. The summed E-state index contributed by atoms with van der Waals surface area (Å²) in [7, 11) is 1.59. The zero-order chi connectivity index (χ0) is 5.70. The normalized spacial score (nSPS) is 9.57. The molecule has 0 spiro atoms. The lowest BCUT2D eigenvalue weighted by molar-refractivity contribution is 1.02. The fraction of sp³-hybridized carbons (Fsp3) is 0.750. The van der Waals surface area contributed by atoms with Crippen LogP contribution in [0, 0.1) is 0 Å². The molecule has 3 nitrogen and oxygen atoms in total. The Kier molecular flexibility index (Phi) is 3.10. The Hall–Kier alpha value is -0.730. The number of hydrogen-bond donors (Lipinski definition) is 0. The number of nitrogens with zero attached hydrogens (tertiary/aromatic N) is 3. The maximum absolute atomic E-state index is 3.62. The van der Waals surface area contributed by atoms with Gasteiger partial charge in [0.15, 0.2) is 0 Å². The third-order valence-corrected chi connectivity index (χ3v) is 0.334. The molecule has 0 amide bonds. The van der Waals surface area contributed by atoms with E-state index in [-0.39, 0.29) is 0 Å². The van der Waals surface area contributed by atoms with Crippen LogP contribution in [0.2, 0.25) is 0 Å². The van der Waals surface area contributed by atoms with Crippen LogP contribution in [0.5, 0.6) is 0 Å². The molecule has 0 heterocycles. The Morgan fingerprint density at radius 1 is 1.29 bits per heavy atom. The summed E-state index contributed by atoms with van der Waals surface area (Å²) in [5, 5.41) is 10.4. The van der Waals surface area contributed by atoms with Crippen molar-refractivity contribution in [3.8, 4) is 0 Å². The third-order valence-electron chi connectivity index (χ3n) is 0.334. The van der Waals surface area contributed by atoms with Crippen LogP contribution in [0.4, 0.5) is 0 Å². The molecule has 0 unspecified atom stereocenters. The van der Waals surface area contributed by atoms with Crippen LogP contribution < -0.4 is 0 Å². The molecule has 0 aromatic rings. The second-order valence-electron chi connectivity index (χ2n) is 1.34. The minimum atomic E-state index is 0.922. The first-order valence-corrected chi connectivity index (χ1v) is 2.07. The molecule has 7 heavy (non-hydrogen) atoms. The minimum Gasteiger partial charge on any atom is -0.172 e. The molecule has 0 aliphatic carbocycles. The Labute approximate surface area is 43.1 Å². The average Bonchev–Trinajstić information content (AvgIpc) is 1.61. The molecule has 0 saturated carbocycles. The summed E-state index contributed by atoms with van der Waals surface area (Å²) >= 11 is 0. The molecular formula is C4H9N3. The zero-order valence-corrected chi connectivity index (χ0v) is 4.84. The molecule has 0 radical (unpaired) electrons. The molecule has 3 heteroatoms. The summed E-state index contributed by atoms with van der Waals surface area (Å²) in [4.78, 5) is 0. The highest BCUT2D eigenvalue weighted by atomic mass is 15.4. The van der Waals surface area contributed by atoms with E-state index < -0.39 is 0 Å². The van der Waals surface area contributed by atoms with Crippen molar-refractivity contribution < 1.29 is 0 Å². The lowest BCUT2D eigenvalue weighted by atomic mass is 10.5. The first kappa shape index (κ1) is 6.27. The largest absolute Gasteiger partial charge is 0.172 e. The van der Waals surface area contributed by atoms with Gasteiger partial charge in [-0.3, -0.25) is 0 Å². The molecule has 0 aromatic carbocycles. The molecule has 0 aromatic heterocycles. The van der Waals surface area contributed by atoms with Gasteiger partial charge in [-0.15, -0.1) is 5.10 Å². The topological polar surface area (TPSA) is 37.1 Å². The van der Waals surface area contributed by atoms with Crippen molar-refractivity contribution in [1.82, 2.24) is 0 Å². The highest BCUT2D eigenvalue weighted by molar-refractivity contribution is 5.78. The van der Waals surface area contributed by atoms with Crippen LogP contribution in [0.1, 0.15) is 13.8 Å². The highest BCUT2D eigenvalue weighted by Crippen LogP contribution is 1.75. The first-order valence-electron chi connectivity index (χ1n) is 2.07. The fourth-order valence-corrected chi connectivity index (χ4v) is 0.134. The standard InChI is InChI=1S/C4H9N3/c1-4(2)6-7-5-3/h1-3H3/b7-5-. The smallest absolute Gasteiger partial charge is 0.0509 e. The number of hydrogen-bond acceptors (Lipinski definition) is 2. The Morgan fingerprint density at radius 2 is 1.86 bits per heavy atom. The summed E-state index contributed by atoms with van der Waals surface area (Å²) in [6.07, 6.45) is 0. The summed E-state index contributed by atoms with van der Waals surface area (Å²) in [6, 6.07) is 0. The molecular weight excluding hydrogens is 90.1 g/mol. The monoisotopic (exact) mass is 99.1 g/mol. The maximum atomic E-state index is 3.62. The molecule has 0 aliphatic rings. The summed E-state index contributed by atoms with van der Waals surface area (Å²) < 4.78 is 0. The van der Waals surface area contributed by atoms with Gasteiger partial charge in [0.25, 0.3) is 0 Å². The van der Waals surface area contributed by atoms with Gasteiger partial charge >= 0.3 is 0 Å². The number of rotatable bonds is 1. The highest BCUT2D eigenvalue weighted by Gasteiger charge is 1.68. The Morgan fingerprint density at radius 3 is 2.00 bits per heavy atom. The van der Waals surface area contributed by atoms with Crippen LogP contribution in [0.15, 0.2) is 15.4 Å². The van der Waals surface area contributed by atoms with Crippen molar-refractivity contribution in [3.63, 3.8) is 0 Å². The molecule has 0 aliphatic heterocycles.